The van der Waals surface area contributed by atoms with Gasteiger partial charge in [0.1, 0.15) is 0 Å². The van der Waals surface area contributed by atoms with Crippen molar-refractivity contribution in [1.82, 2.24) is 9.99 Å². The van der Waals surface area contributed by atoms with Crippen LogP contribution in [0.3, 0.4) is 0 Å². The van der Waals surface area contributed by atoms with Crippen LogP contribution in [0.25, 0.3) is 10.2 Å². The molecular formula is C12H13N3OS. The number of hydrogen-bond acceptors (Lipinski definition) is 3. The van der Waals surface area contributed by atoms with Crippen LogP contribution < -0.4 is 10.2 Å². The van der Waals surface area contributed by atoms with E-state index < -0.39 is 0 Å². The zero-order chi connectivity index (χ0) is 11.8. The number of nitrogens with one attached hydrogen (secondary N) is 1. The maximum Gasteiger partial charge on any atom is 0.243 e. The van der Waals surface area contributed by atoms with Gasteiger partial charge in [-0.05, 0) is 25.0 Å². The van der Waals surface area contributed by atoms with Crippen molar-refractivity contribution in [1.29, 1.82) is 0 Å². The molecule has 0 saturated heterocycles. The summed E-state index contributed by atoms with van der Waals surface area (Å²) in [5, 5.41) is 4.19. The number of aromatic nitrogens is 1. The standard InChI is InChI=1S/C12H13N3OS/c1-15-9-4-2-3-5-10(9)17-12(15)14-13-11(16)8-6-7-8/h2-5,8H,6-7H2,1H3,(H,13,16). The summed E-state index contributed by atoms with van der Waals surface area (Å²) in [5.41, 5.74) is 3.77. The summed E-state index contributed by atoms with van der Waals surface area (Å²) in [4.78, 5) is 12.3. The SMILES string of the molecule is Cn1c(=NNC(=O)C2CC2)sc2ccccc21. The van der Waals surface area contributed by atoms with Gasteiger partial charge < -0.3 is 4.57 Å². The van der Waals surface area contributed by atoms with Crippen molar-refractivity contribution in [2.24, 2.45) is 18.1 Å². The Balaban J connectivity index is 1.96. The molecule has 1 aromatic carbocycles. The summed E-state index contributed by atoms with van der Waals surface area (Å²) < 4.78 is 3.17. The maximum absolute atomic E-state index is 11.5. The third-order valence-electron chi connectivity index (χ3n) is 2.92. The number of benzene rings is 1. The lowest BCUT2D eigenvalue weighted by Crippen LogP contribution is -2.24. The summed E-state index contributed by atoms with van der Waals surface area (Å²) in [6.45, 7) is 0. The molecule has 1 N–H and O–H groups in total. The Hall–Kier alpha value is -1.62. The number of fused-ring (bicyclic) bond motifs is 1. The normalized spacial score (nSPS) is 16.4. The van der Waals surface area contributed by atoms with Gasteiger partial charge in [-0.2, -0.15) is 0 Å². The molecule has 0 bridgehead atoms. The Labute approximate surface area is 103 Å². The fourth-order valence-electron chi connectivity index (χ4n) is 1.73. The highest BCUT2D eigenvalue weighted by Gasteiger charge is 2.29. The lowest BCUT2D eigenvalue weighted by molar-refractivity contribution is -0.122. The van der Waals surface area contributed by atoms with Gasteiger partial charge in [-0.3, -0.25) is 4.79 Å². The van der Waals surface area contributed by atoms with E-state index in [-0.39, 0.29) is 11.8 Å². The number of amides is 1. The third-order valence-corrected chi connectivity index (χ3v) is 4.04. The minimum absolute atomic E-state index is 0.0439. The average Bonchev–Trinajstić information content (AvgIpc) is 3.14. The van der Waals surface area contributed by atoms with Crippen LogP contribution in [-0.4, -0.2) is 10.5 Å². The zero-order valence-corrected chi connectivity index (χ0v) is 10.3. The molecule has 1 saturated carbocycles. The quantitative estimate of drug-likeness (QED) is 0.805. The van der Waals surface area contributed by atoms with Gasteiger partial charge >= 0.3 is 0 Å². The van der Waals surface area contributed by atoms with E-state index in [4.69, 9.17) is 0 Å². The molecule has 1 aliphatic rings. The van der Waals surface area contributed by atoms with E-state index in [1.807, 2.05) is 29.8 Å². The number of aryl methyl sites for hydroxylation is 1. The lowest BCUT2D eigenvalue weighted by atomic mass is 10.3. The first-order valence-corrected chi connectivity index (χ1v) is 6.45. The lowest BCUT2D eigenvalue weighted by Gasteiger charge is -1.96. The molecule has 0 unspecified atom stereocenters. The molecule has 3 rings (SSSR count). The number of thiazole rings is 1. The summed E-state index contributed by atoms with van der Waals surface area (Å²) in [7, 11) is 1.96. The predicted octanol–water partition coefficient (Wildman–Crippen LogP) is 1.58. The molecule has 88 valence electrons. The van der Waals surface area contributed by atoms with Crippen LogP contribution in [0.15, 0.2) is 29.4 Å². The van der Waals surface area contributed by atoms with E-state index in [9.17, 15) is 4.79 Å². The maximum atomic E-state index is 11.5. The Morgan fingerprint density at radius 3 is 2.94 bits per heavy atom. The third kappa shape index (κ3) is 1.98. The fourth-order valence-corrected chi connectivity index (χ4v) is 2.71. The largest absolute Gasteiger partial charge is 0.318 e. The van der Waals surface area contributed by atoms with Crippen LogP contribution >= 0.6 is 11.3 Å². The van der Waals surface area contributed by atoms with Gasteiger partial charge in [0.25, 0.3) is 0 Å². The van der Waals surface area contributed by atoms with Gasteiger partial charge in [-0.1, -0.05) is 23.5 Å². The number of hydrogen-bond donors (Lipinski definition) is 1. The van der Waals surface area contributed by atoms with Crippen molar-refractivity contribution in [3.8, 4) is 0 Å². The van der Waals surface area contributed by atoms with E-state index in [2.05, 4.69) is 16.6 Å². The first-order chi connectivity index (χ1) is 8.25. The van der Waals surface area contributed by atoms with Crippen LogP contribution in [0.1, 0.15) is 12.8 Å². The second kappa shape index (κ2) is 4.00. The van der Waals surface area contributed by atoms with Crippen LogP contribution in [0.2, 0.25) is 0 Å². The van der Waals surface area contributed by atoms with E-state index in [0.717, 1.165) is 23.2 Å². The van der Waals surface area contributed by atoms with E-state index in [0.29, 0.717) is 0 Å². The number of rotatable bonds is 2. The Kier molecular flexibility index (Phi) is 2.48. The van der Waals surface area contributed by atoms with Gasteiger partial charge in [-0.25, -0.2) is 5.43 Å². The summed E-state index contributed by atoms with van der Waals surface area (Å²) >= 11 is 1.58. The average molecular weight is 247 g/mol. The highest BCUT2D eigenvalue weighted by Crippen LogP contribution is 2.28. The predicted molar refractivity (Wildman–Crippen MR) is 67.2 cm³/mol. The van der Waals surface area contributed by atoms with E-state index in [1.54, 1.807) is 11.3 Å². The highest BCUT2D eigenvalue weighted by molar-refractivity contribution is 7.16. The molecular weight excluding hydrogens is 234 g/mol. The second-order valence-electron chi connectivity index (χ2n) is 4.27. The Morgan fingerprint density at radius 1 is 1.47 bits per heavy atom. The highest BCUT2D eigenvalue weighted by atomic mass is 32.1. The van der Waals surface area contributed by atoms with Crippen LogP contribution in [-0.2, 0) is 11.8 Å². The van der Waals surface area contributed by atoms with Gasteiger partial charge in [0.2, 0.25) is 10.7 Å². The molecule has 1 fully saturated rings. The molecule has 1 heterocycles. The number of para-hydroxylation sites is 1. The van der Waals surface area contributed by atoms with Crippen LogP contribution in [0.5, 0.6) is 0 Å². The summed E-state index contributed by atoms with van der Waals surface area (Å²) in [6.07, 6.45) is 2.00. The molecule has 0 radical (unpaired) electrons. The van der Waals surface area contributed by atoms with Crippen molar-refractivity contribution >= 4 is 27.5 Å². The first kappa shape index (κ1) is 10.5. The Bertz CT molecular complexity index is 636. The molecule has 4 nitrogen and oxygen atoms in total. The van der Waals surface area contributed by atoms with Gasteiger partial charge in [-0.15, -0.1) is 5.10 Å². The molecule has 1 aromatic heterocycles. The fraction of sp³-hybridized carbons (Fsp3) is 0.333. The molecule has 1 aliphatic carbocycles. The minimum Gasteiger partial charge on any atom is -0.318 e. The van der Waals surface area contributed by atoms with Gasteiger partial charge in [0.05, 0.1) is 10.2 Å². The van der Waals surface area contributed by atoms with Crippen molar-refractivity contribution in [3.63, 3.8) is 0 Å². The van der Waals surface area contributed by atoms with E-state index >= 15 is 0 Å². The van der Waals surface area contributed by atoms with Crippen molar-refractivity contribution < 1.29 is 4.79 Å². The molecule has 5 heteroatoms. The smallest absolute Gasteiger partial charge is 0.243 e. The van der Waals surface area contributed by atoms with Gasteiger partial charge in [0, 0.05) is 13.0 Å². The van der Waals surface area contributed by atoms with Crippen LogP contribution in [0.4, 0.5) is 0 Å². The molecule has 0 aliphatic heterocycles. The first-order valence-electron chi connectivity index (χ1n) is 5.64. The number of nitrogens with zero attached hydrogens (tertiary/aromatic N) is 2. The van der Waals surface area contributed by atoms with Crippen molar-refractivity contribution in [2.75, 3.05) is 0 Å². The summed E-state index contributed by atoms with van der Waals surface area (Å²) in [5.74, 6) is 0.237. The minimum atomic E-state index is 0.0439. The van der Waals surface area contributed by atoms with Crippen molar-refractivity contribution in [2.45, 2.75) is 12.8 Å². The van der Waals surface area contributed by atoms with Crippen molar-refractivity contribution in [3.05, 3.63) is 29.1 Å². The van der Waals surface area contributed by atoms with Gasteiger partial charge in [0.15, 0.2) is 0 Å². The number of carbonyl (C=O) groups is 1. The van der Waals surface area contributed by atoms with Crippen LogP contribution in [0, 0.1) is 5.92 Å². The molecule has 17 heavy (non-hydrogen) atoms. The second-order valence-corrected chi connectivity index (χ2v) is 5.28. The molecule has 0 spiro atoms. The molecule has 0 atom stereocenters. The van der Waals surface area contributed by atoms with E-state index in [1.165, 1.54) is 4.70 Å². The topological polar surface area (TPSA) is 46.4 Å². The molecule has 1 amide bonds. The monoisotopic (exact) mass is 247 g/mol. The number of carbonyl (C=O) groups excluding carboxylic acids is 1. The zero-order valence-electron chi connectivity index (χ0n) is 9.51. The molecule has 2 aromatic rings. The Morgan fingerprint density at radius 2 is 2.24 bits per heavy atom. The summed E-state index contributed by atoms with van der Waals surface area (Å²) in [6, 6.07) is 8.11.